The van der Waals surface area contributed by atoms with Gasteiger partial charge in [-0.15, -0.1) is 0 Å². The van der Waals surface area contributed by atoms with E-state index in [0.29, 0.717) is 18.2 Å². The van der Waals surface area contributed by atoms with Crippen LogP contribution < -0.4 is 5.73 Å². The van der Waals surface area contributed by atoms with E-state index in [2.05, 4.69) is 26.1 Å². The Labute approximate surface area is 139 Å². The fraction of sp³-hybridized carbons (Fsp3) is 0.412. The van der Waals surface area contributed by atoms with Gasteiger partial charge in [0.2, 0.25) is 0 Å². The molecule has 3 aromatic heterocycles. The van der Waals surface area contributed by atoms with Crippen LogP contribution in [0.4, 0.5) is 5.82 Å². The molecule has 0 saturated heterocycles. The minimum Gasteiger partial charge on any atom is -0.382 e. The number of nitriles is 1. The molecule has 1 saturated carbocycles. The van der Waals surface area contributed by atoms with Crippen LogP contribution in [0.15, 0.2) is 24.8 Å². The Morgan fingerprint density at radius 1 is 1.38 bits per heavy atom. The average molecular weight is 321 g/mol. The maximum atomic E-state index is 9.22. The van der Waals surface area contributed by atoms with Crippen LogP contribution in [-0.4, -0.2) is 24.7 Å². The molecular weight excluding hydrogens is 302 g/mol. The molecule has 24 heavy (non-hydrogen) atoms. The first-order chi connectivity index (χ1) is 11.8. The molecule has 0 bridgehead atoms. The van der Waals surface area contributed by atoms with Gasteiger partial charge in [0.1, 0.15) is 12.0 Å². The number of nitrogen functional groups attached to an aromatic ring is 1. The van der Waals surface area contributed by atoms with Crippen LogP contribution >= 0.6 is 0 Å². The zero-order valence-electron chi connectivity index (χ0n) is 13.3. The molecule has 4 rings (SSSR count). The number of nitrogens with zero attached hydrogens (tertiary/aromatic N) is 5. The third-order valence-corrected chi connectivity index (χ3v) is 4.95. The quantitative estimate of drug-likeness (QED) is 0.767. The number of hydrogen-bond donors (Lipinski definition) is 2. The number of anilines is 1. The van der Waals surface area contributed by atoms with Crippen LogP contribution in [0.3, 0.4) is 0 Å². The van der Waals surface area contributed by atoms with Crippen molar-refractivity contribution >= 4 is 16.9 Å². The van der Waals surface area contributed by atoms with E-state index < -0.39 is 0 Å². The number of nitrogens with one attached hydrogen (secondary N) is 1. The number of nitrogens with two attached hydrogens (primary N) is 1. The van der Waals surface area contributed by atoms with Crippen molar-refractivity contribution in [3.05, 3.63) is 24.8 Å². The van der Waals surface area contributed by atoms with E-state index in [-0.39, 0.29) is 6.04 Å². The summed E-state index contributed by atoms with van der Waals surface area (Å²) < 4.78 is 1.88. The maximum Gasteiger partial charge on any atom is 0.154 e. The van der Waals surface area contributed by atoms with Crippen molar-refractivity contribution in [1.82, 2.24) is 24.7 Å². The molecule has 0 radical (unpaired) electrons. The summed E-state index contributed by atoms with van der Waals surface area (Å²) in [7, 11) is 0. The highest BCUT2D eigenvalue weighted by Crippen LogP contribution is 2.37. The summed E-state index contributed by atoms with van der Waals surface area (Å²) in [5, 5.41) is 14.7. The second-order valence-electron chi connectivity index (χ2n) is 6.34. The van der Waals surface area contributed by atoms with Gasteiger partial charge in [-0.25, -0.2) is 9.97 Å². The van der Waals surface area contributed by atoms with Crippen molar-refractivity contribution in [2.75, 3.05) is 5.73 Å². The highest BCUT2D eigenvalue weighted by molar-refractivity contribution is 5.92. The van der Waals surface area contributed by atoms with Crippen LogP contribution in [0, 0.1) is 17.2 Å². The number of H-pyrrole nitrogens is 1. The smallest absolute Gasteiger partial charge is 0.154 e. The van der Waals surface area contributed by atoms with Crippen LogP contribution in [0.5, 0.6) is 0 Å². The minimum absolute atomic E-state index is 0.0807. The van der Waals surface area contributed by atoms with E-state index in [1.54, 1.807) is 0 Å². The summed E-state index contributed by atoms with van der Waals surface area (Å²) in [4.78, 5) is 11.7. The molecule has 0 aliphatic heterocycles. The molecule has 7 heteroatoms. The normalized spacial score (nSPS) is 16.5. The predicted molar refractivity (Wildman–Crippen MR) is 90.7 cm³/mol. The third kappa shape index (κ3) is 2.40. The Bertz CT molecular complexity index is 895. The van der Waals surface area contributed by atoms with E-state index in [4.69, 9.17) is 5.73 Å². The molecule has 0 aromatic carbocycles. The Kier molecular flexibility index (Phi) is 3.65. The molecular formula is C17H19N7. The standard InChI is InChI=1S/C17H19N7/c18-7-5-14(11-3-1-2-4-11)24-9-13(16(19)23-24)15-12-6-8-20-17(12)22-10-21-15/h6,8-11,14H,1-5H2,(H2,19,23)(H,20,21,22)/t14-/m1/s1. The van der Waals surface area contributed by atoms with Gasteiger partial charge in [0.15, 0.2) is 5.82 Å². The largest absolute Gasteiger partial charge is 0.382 e. The highest BCUT2D eigenvalue weighted by Gasteiger charge is 2.28. The maximum absolute atomic E-state index is 9.22. The van der Waals surface area contributed by atoms with Gasteiger partial charge < -0.3 is 10.7 Å². The molecule has 3 N–H and O–H groups in total. The van der Waals surface area contributed by atoms with E-state index in [9.17, 15) is 5.26 Å². The van der Waals surface area contributed by atoms with E-state index in [1.165, 1.54) is 19.2 Å². The number of rotatable bonds is 4. The van der Waals surface area contributed by atoms with Crippen molar-refractivity contribution in [1.29, 1.82) is 5.26 Å². The molecule has 0 spiro atoms. The molecule has 1 aliphatic rings. The first-order valence-electron chi connectivity index (χ1n) is 8.28. The molecule has 0 unspecified atom stereocenters. The number of fused-ring (bicyclic) bond motifs is 1. The Hall–Kier alpha value is -2.88. The van der Waals surface area contributed by atoms with E-state index in [1.807, 2.05) is 23.1 Å². The lowest BCUT2D eigenvalue weighted by atomic mass is 9.96. The molecule has 1 fully saturated rings. The lowest BCUT2D eigenvalue weighted by molar-refractivity contribution is 0.315. The summed E-state index contributed by atoms with van der Waals surface area (Å²) in [5.74, 6) is 0.937. The molecule has 0 amide bonds. The van der Waals surface area contributed by atoms with Crippen LogP contribution in [0.2, 0.25) is 0 Å². The van der Waals surface area contributed by atoms with Crippen molar-refractivity contribution in [3.63, 3.8) is 0 Å². The van der Waals surface area contributed by atoms with Crippen molar-refractivity contribution in [2.24, 2.45) is 5.92 Å². The van der Waals surface area contributed by atoms with Crippen molar-refractivity contribution in [2.45, 2.75) is 38.1 Å². The Morgan fingerprint density at radius 2 is 2.21 bits per heavy atom. The summed E-state index contributed by atoms with van der Waals surface area (Å²) >= 11 is 0. The molecule has 3 heterocycles. The monoisotopic (exact) mass is 321 g/mol. The lowest BCUT2D eigenvalue weighted by Crippen LogP contribution is -2.17. The third-order valence-electron chi connectivity index (χ3n) is 4.95. The number of aromatic amines is 1. The Balaban J connectivity index is 1.76. The van der Waals surface area contributed by atoms with E-state index in [0.717, 1.165) is 35.1 Å². The summed E-state index contributed by atoms with van der Waals surface area (Å²) in [6, 6.07) is 4.32. The van der Waals surface area contributed by atoms with Gasteiger partial charge in [-0.05, 0) is 24.8 Å². The Morgan fingerprint density at radius 3 is 3.00 bits per heavy atom. The van der Waals surface area contributed by atoms with Crippen LogP contribution in [-0.2, 0) is 0 Å². The summed E-state index contributed by atoms with van der Waals surface area (Å²) in [6.45, 7) is 0. The highest BCUT2D eigenvalue weighted by atomic mass is 15.3. The van der Waals surface area contributed by atoms with Crippen LogP contribution in [0.25, 0.3) is 22.3 Å². The first kappa shape index (κ1) is 14.7. The molecule has 122 valence electrons. The van der Waals surface area contributed by atoms with Gasteiger partial charge in [-0.1, -0.05) is 12.8 Å². The second-order valence-corrected chi connectivity index (χ2v) is 6.34. The molecule has 1 atom stereocenters. The molecule has 1 aliphatic carbocycles. The van der Waals surface area contributed by atoms with Gasteiger partial charge in [0.25, 0.3) is 0 Å². The fourth-order valence-corrected chi connectivity index (χ4v) is 3.76. The molecule has 7 nitrogen and oxygen atoms in total. The van der Waals surface area contributed by atoms with Crippen molar-refractivity contribution in [3.8, 4) is 17.3 Å². The summed E-state index contributed by atoms with van der Waals surface area (Å²) in [5.41, 5.74) is 8.52. The van der Waals surface area contributed by atoms with Gasteiger partial charge >= 0.3 is 0 Å². The van der Waals surface area contributed by atoms with Crippen LogP contribution in [0.1, 0.15) is 38.1 Å². The average Bonchev–Trinajstić information content (AvgIpc) is 3.32. The topological polar surface area (TPSA) is 109 Å². The minimum atomic E-state index is 0.0807. The predicted octanol–water partition coefficient (Wildman–Crippen LogP) is 3.05. The van der Waals surface area contributed by atoms with Gasteiger partial charge in [-0.3, -0.25) is 4.68 Å². The van der Waals surface area contributed by atoms with Gasteiger partial charge in [0.05, 0.1) is 29.8 Å². The summed E-state index contributed by atoms with van der Waals surface area (Å²) in [6.07, 6.45) is 10.5. The number of hydrogen-bond acceptors (Lipinski definition) is 5. The van der Waals surface area contributed by atoms with Gasteiger partial charge in [-0.2, -0.15) is 10.4 Å². The lowest BCUT2D eigenvalue weighted by Gasteiger charge is -2.21. The zero-order valence-corrected chi connectivity index (χ0v) is 13.3. The zero-order chi connectivity index (χ0) is 16.5. The van der Waals surface area contributed by atoms with Crippen molar-refractivity contribution < 1.29 is 0 Å². The second kappa shape index (κ2) is 5.96. The number of aromatic nitrogens is 5. The molecule has 3 aromatic rings. The van der Waals surface area contributed by atoms with E-state index >= 15 is 0 Å². The first-order valence-corrected chi connectivity index (χ1v) is 8.28. The van der Waals surface area contributed by atoms with Gasteiger partial charge in [0, 0.05) is 17.8 Å². The SMILES string of the molecule is N#CC[C@H](C1CCCC1)n1cc(-c2ncnc3[nH]ccc23)c(N)n1. The fourth-order valence-electron chi connectivity index (χ4n) is 3.76.